The van der Waals surface area contributed by atoms with E-state index in [1.54, 1.807) is 30.3 Å². The molecule has 110 valence electrons. The van der Waals surface area contributed by atoms with Gasteiger partial charge in [-0.3, -0.25) is 0 Å². The lowest BCUT2D eigenvalue weighted by molar-refractivity contribution is -0.137. The van der Waals surface area contributed by atoms with Crippen LogP contribution in [0.1, 0.15) is 16.7 Å². The zero-order valence-corrected chi connectivity index (χ0v) is 11.5. The number of alkyl halides is 3. The van der Waals surface area contributed by atoms with Crippen LogP contribution in [0, 0.1) is 0 Å². The molecule has 2 aromatic rings. The van der Waals surface area contributed by atoms with Crippen LogP contribution in [0.25, 0.3) is 0 Å². The highest BCUT2D eigenvalue weighted by molar-refractivity contribution is 6.30. The summed E-state index contributed by atoms with van der Waals surface area (Å²) in [5, 5.41) is 4.27. The van der Waals surface area contributed by atoms with E-state index in [1.807, 2.05) is 0 Å². The first-order chi connectivity index (χ1) is 9.95. The Morgan fingerprint density at radius 2 is 1.86 bits per heavy atom. The first-order valence-corrected chi connectivity index (χ1v) is 6.40. The van der Waals surface area contributed by atoms with E-state index in [1.165, 1.54) is 12.3 Å². The molecular formula is C15H11ClF3NO. The lowest BCUT2D eigenvalue weighted by atomic mass is 10.1. The fourth-order valence-electron chi connectivity index (χ4n) is 1.63. The molecule has 2 nitrogen and oxygen atoms in total. The van der Waals surface area contributed by atoms with Crippen molar-refractivity contribution in [2.45, 2.75) is 12.8 Å². The van der Waals surface area contributed by atoms with E-state index in [-0.39, 0.29) is 6.61 Å². The number of halogens is 4. The Balaban J connectivity index is 1.95. The average molecular weight is 314 g/mol. The van der Waals surface area contributed by atoms with Crippen molar-refractivity contribution in [1.82, 2.24) is 0 Å². The number of rotatable bonds is 4. The summed E-state index contributed by atoms with van der Waals surface area (Å²) in [5.74, 6) is 0. The molecule has 21 heavy (non-hydrogen) atoms. The van der Waals surface area contributed by atoms with Gasteiger partial charge in [-0.1, -0.05) is 41.0 Å². The average Bonchev–Trinajstić information content (AvgIpc) is 2.43. The van der Waals surface area contributed by atoms with Gasteiger partial charge in [-0.05, 0) is 35.4 Å². The van der Waals surface area contributed by atoms with Gasteiger partial charge in [-0.2, -0.15) is 13.2 Å². The Hall–Kier alpha value is -2.01. The van der Waals surface area contributed by atoms with Crippen molar-refractivity contribution < 1.29 is 18.0 Å². The number of benzene rings is 2. The summed E-state index contributed by atoms with van der Waals surface area (Å²) in [6.45, 7) is -0.0407. The Kier molecular flexibility index (Phi) is 4.85. The highest BCUT2D eigenvalue weighted by atomic mass is 35.5. The van der Waals surface area contributed by atoms with Crippen LogP contribution in [0.2, 0.25) is 5.02 Å². The quantitative estimate of drug-likeness (QED) is 0.580. The van der Waals surface area contributed by atoms with E-state index in [4.69, 9.17) is 16.4 Å². The second-order valence-corrected chi connectivity index (χ2v) is 4.70. The van der Waals surface area contributed by atoms with Gasteiger partial charge in [-0.25, -0.2) is 0 Å². The number of hydrogen-bond acceptors (Lipinski definition) is 2. The third-order valence-corrected chi connectivity index (χ3v) is 2.85. The second kappa shape index (κ2) is 6.63. The van der Waals surface area contributed by atoms with Crippen LogP contribution >= 0.6 is 11.6 Å². The maximum atomic E-state index is 12.5. The largest absolute Gasteiger partial charge is 0.416 e. The summed E-state index contributed by atoms with van der Waals surface area (Å²) in [5.41, 5.74) is 0.432. The molecule has 2 aromatic carbocycles. The van der Waals surface area contributed by atoms with Gasteiger partial charge in [0.25, 0.3) is 0 Å². The number of nitrogens with zero attached hydrogens (tertiary/aromatic N) is 1. The van der Waals surface area contributed by atoms with Crippen molar-refractivity contribution in [2.75, 3.05) is 0 Å². The van der Waals surface area contributed by atoms with Gasteiger partial charge in [-0.15, -0.1) is 0 Å². The molecule has 0 bridgehead atoms. The van der Waals surface area contributed by atoms with Crippen molar-refractivity contribution >= 4 is 17.8 Å². The van der Waals surface area contributed by atoms with Crippen molar-refractivity contribution in [1.29, 1.82) is 0 Å². The molecule has 0 aliphatic rings. The second-order valence-electron chi connectivity index (χ2n) is 4.26. The predicted molar refractivity (Wildman–Crippen MR) is 75.3 cm³/mol. The van der Waals surface area contributed by atoms with Crippen molar-refractivity contribution in [3.05, 3.63) is 70.2 Å². The summed E-state index contributed by atoms with van der Waals surface area (Å²) in [4.78, 5) is 4.99. The molecule has 0 saturated heterocycles. The zero-order chi connectivity index (χ0) is 15.3. The van der Waals surface area contributed by atoms with Gasteiger partial charge in [0.1, 0.15) is 6.61 Å². The van der Waals surface area contributed by atoms with E-state index in [0.29, 0.717) is 10.6 Å². The number of oxime groups is 1. The molecular weight excluding hydrogens is 303 g/mol. The van der Waals surface area contributed by atoms with E-state index in [9.17, 15) is 13.2 Å². The molecule has 0 spiro atoms. The zero-order valence-electron chi connectivity index (χ0n) is 10.8. The minimum absolute atomic E-state index is 0.0407. The molecule has 2 rings (SSSR count). The summed E-state index contributed by atoms with van der Waals surface area (Å²) >= 11 is 5.80. The van der Waals surface area contributed by atoms with Crippen molar-refractivity contribution in [3.8, 4) is 0 Å². The standard InChI is InChI=1S/C15H11ClF3NO/c16-14-6-2-3-11(8-14)9-20-21-10-12-4-1-5-13(7-12)15(17,18)19/h1-9H,10H2. The fourth-order valence-corrected chi connectivity index (χ4v) is 1.83. The summed E-state index contributed by atoms with van der Waals surface area (Å²) in [7, 11) is 0. The molecule has 0 N–H and O–H groups in total. The van der Waals surface area contributed by atoms with Crippen molar-refractivity contribution in [2.24, 2.45) is 5.16 Å². The normalized spacial score (nSPS) is 11.8. The Morgan fingerprint density at radius 3 is 2.57 bits per heavy atom. The molecule has 0 atom stereocenters. The third-order valence-electron chi connectivity index (χ3n) is 2.61. The van der Waals surface area contributed by atoms with Crippen LogP contribution in [0.5, 0.6) is 0 Å². The molecule has 0 aliphatic carbocycles. The molecule has 0 aromatic heterocycles. The molecule has 0 fully saturated rings. The molecule has 0 saturated carbocycles. The van der Waals surface area contributed by atoms with Gasteiger partial charge in [0.05, 0.1) is 11.8 Å². The highest BCUT2D eigenvalue weighted by Gasteiger charge is 2.30. The number of hydrogen-bond donors (Lipinski definition) is 0. The van der Waals surface area contributed by atoms with Gasteiger partial charge in [0.2, 0.25) is 0 Å². The minimum Gasteiger partial charge on any atom is -0.391 e. The highest BCUT2D eigenvalue weighted by Crippen LogP contribution is 2.29. The van der Waals surface area contributed by atoms with Gasteiger partial charge >= 0.3 is 6.18 Å². The first kappa shape index (κ1) is 15.4. The SMILES string of the molecule is FC(F)(F)c1cccc(CON=Cc2cccc(Cl)c2)c1. The van der Waals surface area contributed by atoms with Crippen LogP contribution < -0.4 is 0 Å². The summed E-state index contributed by atoms with van der Waals surface area (Å²) < 4.78 is 37.6. The maximum Gasteiger partial charge on any atom is 0.416 e. The monoisotopic (exact) mass is 313 g/mol. The van der Waals surface area contributed by atoms with E-state index < -0.39 is 11.7 Å². The van der Waals surface area contributed by atoms with Crippen LogP contribution in [0.15, 0.2) is 53.7 Å². The molecule has 0 aliphatic heterocycles. The predicted octanol–water partition coefficient (Wildman–Crippen LogP) is 4.91. The molecule has 0 unspecified atom stereocenters. The van der Waals surface area contributed by atoms with Crippen molar-refractivity contribution in [3.63, 3.8) is 0 Å². The Bertz CT molecular complexity index is 641. The topological polar surface area (TPSA) is 21.6 Å². The first-order valence-electron chi connectivity index (χ1n) is 6.02. The van der Waals surface area contributed by atoms with Gasteiger partial charge < -0.3 is 4.84 Å². The summed E-state index contributed by atoms with van der Waals surface area (Å²) in [6.07, 6.45) is -2.92. The molecule has 6 heteroatoms. The Labute approximate surface area is 124 Å². The smallest absolute Gasteiger partial charge is 0.391 e. The van der Waals surface area contributed by atoms with E-state index >= 15 is 0 Å². The third kappa shape index (κ3) is 4.79. The van der Waals surface area contributed by atoms with Crippen LogP contribution in [-0.4, -0.2) is 6.21 Å². The van der Waals surface area contributed by atoms with Gasteiger partial charge in [0, 0.05) is 5.02 Å². The molecule has 0 radical (unpaired) electrons. The fraction of sp³-hybridized carbons (Fsp3) is 0.133. The minimum atomic E-state index is -4.36. The Morgan fingerprint density at radius 1 is 1.10 bits per heavy atom. The van der Waals surface area contributed by atoms with Crippen LogP contribution in [0.4, 0.5) is 13.2 Å². The maximum absolute atomic E-state index is 12.5. The molecule has 0 heterocycles. The lowest BCUT2D eigenvalue weighted by Gasteiger charge is -2.07. The van der Waals surface area contributed by atoms with Crippen LogP contribution in [0.3, 0.4) is 0 Å². The van der Waals surface area contributed by atoms with E-state index in [2.05, 4.69) is 5.16 Å². The van der Waals surface area contributed by atoms with Crippen LogP contribution in [-0.2, 0) is 17.6 Å². The van der Waals surface area contributed by atoms with E-state index in [0.717, 1.165) is 17.7 Å². The van der Waals surface area contributed by atoms with Gasteiger partial charge in [0.15, 0.2) is 0 Å². The summed E-state index contributed by atoms with van der Waals surface area (Å²) in [6, 6.07) is 11.9. The molecule has 0 amide bonds. The lowest BCUT2D eigenvalue weighted by Crippen LogP contribution is -2.05.